The van der Waals surface area contributed by atoms with Crippen molar-refractivity contribution in [3.8, 4) is 6.07 Å². The minimum absolute atomic E-state index is 0.630. The number of benzene rings is 1. The van der Waals surface area contributed by atoms with E-state index in [9.17, 15) is 5.26 Å². The summed E-state index contributed by atoms with van der Waals surface area (Å²) in [4.78, 5) is 1.33. The second-order valence-electron chi connectivity index (χ2n) is 5.83. The highest BCUT2D eigenvalue weighted by atomic mass is 32.1. The third kappa shape index (κ3) is 3.27. The third-order valence-corrected chi connectivity index (χ3v) is 4.66. The van der Waals surface area contributed by atoms with Crippen molar-refractivity contribution in [2.45, 2.75) is 34.0 Å². The molecule has 0 radical (unpaired) electrons. The molecule has 1 N–H and O–H groups in total. The summed E-state index contributed by atoms with van der Waals surface area (Å²) in [5.74, 6) is 0. The normalized spacial score (nSPS) is 12.0. The molecule has 2 aromatic rings. The van der Waals surface area contributed by atoms with Crippen LogP contribution in [0.25, 0.3) is 0 Å². The van der Waals surface area contributed by atoms with Gasteiger partial charge in [0.05, 0.1) is 12.6 Å². The molecule has 0 saturated carbocycles. The van der Waals surface area contributed by atoms with Crippen molar-refractivity contribution in [3.63, 3.8) is 0 Å². The molecule has 0 aliphatic rings. The van der Waals surface area contributed by atoms with Gasteiger partial charge >= 0.3 is 0 Å². The Labute approximate surface area is 137 Å². The molecule has 3 nitrogen and oxygen atoms in total. The summed E-state index contributed by atoms with van der Waals surface area (Å²) < 4.78 is 2.74. The minimum atomic E-state index is 0.630. The van der Waals surface area contributed by atoms with E-state index in [1.54, 1.807) is 0 Å². The molecule has 0 fully saturated rings. The van der Waals surface area contributed by atoms with E-state index >= 15 is 0 Å². The van der Waals surface area contributed by atoms with Crippen molar-refractivity contribution >= 4 is 12.2 Å². The van der Waals surface area contributed by atoms with Gasteiger partial charge in [-0.25, -0.2) is 0 Å². The fourth-order valence-electron chi connectivity index (χ4n) is 2.70. The van der Waals surface area contributed by atoms with Gasteiger partial charge in [0.1, 0.15) is 17.3 Å². The Hall–Kier alpha value is -1.96. The first-order chi connectivity index (χ1) is 10.5. The maximum atomic E-state index is 9.37. The van der Waals surface area contributed by atoms with Crippen LogP contribution < -0.4 is 4.90 Å². The SMILES string of the molecule is Cc1c(C)c(C)n(C[NH+](C)Cc2ccccc2)c(=S)c1C#N. The summed E-state index contributed by atoms with van der Waals surface area (Å²) in [6.07, 6.45) is 0. The van der Waals surface area contributed by atoms with E-state index in [0.717, 1.165) is 30.0 Å². The fourth-order valence-corrected chi connectivity index (χ4v) is 3.10. The summed E-state index contributed by atoms with van der Waals surface area (Å²) in [5.41, 5.74) is 5.23. The van der Waals surface area contributed by atoms with E-state index < -0.39 is 0 Å². The maximum Gasteiger partial charge on any atom is 0.157 e. The van der Waals surface area contributed by atoms with Gasteiger partial charge in [0.25, 0.3) is 0 Å². The van der Waals surface area contributed by atoms with Gasteiger partial charge in [-0.05, 0) is 31.9 Å². The van der Waals surface area contributed by atoms with Gasteiger partial charge in [-0.3, -0.25) is 4.57 Å². The Kier molecular flexibility index (Phi) is 5.12. The zero-order valence-electron chi connectivity index (χ0n) is 13.6. The highest BCUT2D eigenvalue weighted by Crippen LogP contribution is 2.18. The van der Waals surface area contributed by atoms with Crippen molar-refractivity contribution in [2.24, 2.45) is 0 Å². The molecule has 1 unspecified atom stereocenters. The molecule has 1 atom stereocenters. The Bertz CT molecular complexity index is 770. The van der Waals surface area contributed by atoms with Crippen molar-refractivity contribution < 1.29 is 4.90 Å². The number of quaternary nitrogens is 1. The number of nitrogens with one attached hydrogen (secondary N) is 1. The summed E-state index contributed by atoms with van der Waals surface area (Å²) in [6.45, 7) is 7.80. The standard InChI is InChI=1S/C18H21N3S/c1-13-14(2)17(10-19)18(22)21(15(13)3)12-20(4)11-16-8-6-5-7-9-16/h5-9H,11-12H2,1-4H3/p+1. The molecule has 4 heteroatoms. The van der Waals surface area contributed by atoms with Crippen LogP contribution >= 0.6 is 12.2 Å². The van der Waals surface area contributed by atoms with Crippen LogP contribution in [0.15, 0.2) is 30.3 Å². The molecule has 2 rings (SSSR count). The van der Waals surface area contributed by atoms with E-state index in [2.05, 4.69) is 55.8 Å². The fraction of sp³-hybridized carbons (Fsp3) is 0.333. The number of nitriles is 1. The van der Waals surface area contributed by atoms with Crippen LogP contribution in [0, 0.1) is 36.7 Å². The molecule has 0 saturated heterocycles. The number of hydrogen-bond donors (Lipinski definition) is 1. The molecule has 22 heavy (non-hydrogen) atoms. The van der Waals surface area contributed by atoms with E-state index in [0.29, 0.717) is 10.2 Å². The van der Waals surface area contributed by atoms with Crippen LogP contribution in [-0.2, 0) is 13.2 Å². The lowest BCUT2D eigenvalue weighted by molar-refractivity contribution is -0.917. The summed E-state index contributed by atoms with van der Waals surface area (Å²) in [7, 11) is 2.15. The number of nitrogens with zero attached hydrogens (tertiary/aromatic N) is 2. The average molecular weight is 312 g/mol. The third-order valence-electron chi connectivity index (χ3n) is 4.23. The topological polar surface area (TPSA) is 33.2 Å². The van der Waals surface area contributed by atoms with Gasteiger partial charge in [-0.2, -0.15) is 5.26 Å². The van der Waals surface area contributed by atoms with Gasteiger partial charge in [0, 0.05) is 11.3 Å². The first kappa shape index (κ1) is 16.4. The largest absolute Gasteiger partial charge is 0.316 e. The first-order valence-electron chi connectivity index (χ1n) is 7.41. The molecular weight excluding hydrogens is 290 g/mol. The number of hydrogen-bond acceptors (Lipinski definition) is 2. The van der Waals surface area contributed by atoms with E-state index in [1.165, 1.54) is 10.5 Å². The van der Waals surface area contributed by atoms with Crippen molar-refractivity contribution in [2.75, 3.05) is 7.05 Å². The monoisotopic (exact) mass is 312 g/mol. The molecule has 0 bridgehead atoms. The molecular formula is C18H22N3S+. The molecule has 0 aliphatic carbocycles. The summed E-state index contributed by atoms with van der Waals surface area (Å²) in [5, 5.41) is 9.37. The summed E-state index contributed by atoms with van der Waals surface area (Å²) in [6, 6.07) is 12.7. The Morgan fingerprint density at radius 2 is 1.77 bits per heavy atom. The first-order valence-corrected chi connectivity index (χ1v) is 7.82. The predicted molar refractivity (Wildman–Crippen MR) is 91.2 cm³/mol. The number of rotatable bonds is 4. The van der Waals surface area contributed by atoms with E-state index in [-0.39, 0.29) is 0 Å². The zero-order valence-corrected chi connectivity index (χ0v) is 14.4. The lowest BCUT2D eigenvalue weighted by atomic mass is 10.0. The van der Waals surface area contributed by atoms with Crippen LogP contribution in [0.4, 0.5) is 0 Å². The average Bonchev–Trinajstić information content (AvgIpc) is 2.51. The maximum absolute atomic E-state index is 9.37. The highest BCUT2D eigenvalue weighted by Gasteiger charge is 2.14. The Morgan fingerprint density at radius 3 is 2.36 bits per heavy atom. The lowest BCUT2D eigenvalue weighted by Crippen LogP contribution is -3.07. The molecule has 1 aromatic heterocycles. The second-order valence-corrected chi connectivity index (χ2v) is 6.22. The van der Waals surface area contributed by atoms with Crippen LogP contribution in [0.2, 0.25) is 0 Å². The van der Waals surface area contributed by atoms with Crippen molar-refractivity contribution in [1.29, 1.82) is 5.26 Å². The molecule has 1 aromatic carbocycles. The number of aromatic nitrogens is 1. The summed E-state index contributed by atoms with van der Waals surface area (Å²) >= 11 is 5.54. The van der Waals surface area contributed by atoms with Crippen LogP contribution in [-0.4, -0.2) is 11.6 Å². The zero-order chi connectivity index (χ0) is 16.3. The van der Waals surface area contributed by atoms with Gasteiger partial charge in [0.2, 0.25) is 0 Å². The van der Waals surface area contributed by atoms with E-state index in [1.807, 2.05) is 13.0 Å². The van der Waals surface area contributed by atoms with Gasteiger partial charge in [-0.1, -0.05) is 42.5 Å². The van der Waals surface area contributed by atoms with Crippen LogP contribution in [0.5, 0.6) is 0 Å². The highest BCUT2D eigenvalue weighted by molar-refractivity contribution is 7.71. The van der Waals surface area contributed by atoms with E-state index in [4.69, 9.17) is 12.2 Å². The van der Waals surface area contributed by atoms with Gasteiger partial charge < -0.3 is 4.90 Å². The Morgan fingerprint density at radius 1 is 1.14 bits per heavy atom. The molecule has 0 aliphatic heterocycles. The minimum Gasteiger partial charge on any atom is -0.316 e. The number of pyridine rings is 1. The predicted octanol–water partition coefficient (Wildman–Crippen LogP) is 2.69. The van der Waals surface area contributed by atoms with Crippen LogP contribution in [0.3, 0.4) is 0 Å². The smallest absolute Gasteiger partial charge is 0.157 e. The second kappa shape index (κ2) is 6.87. The molecule has 114 valence electrons. The quantitative estimate of drug-likeness (QED) is 0.881. The lowest BCUT2D eigenvalue weighted by Gasteiger charge is -2.21. The van der Waals surface area contributed by atoms with Crippen LogP contribution in [0.1, 0.15) is 27.9 Å². The van der Waals surface area contributed by atoms with Gasteiger partial charge in [-0.15, -0.1) is 0 Å². The molecule has 1 heterocycles. The van der Waals surface area contributed by atoms with Crippen molar-refractivity contribution in [3.05, 3.63) is 62.9 Å². The molecule has 0 spiro atoms. The Balaban J connectivity index is 2.32. The van der Waals surface area contributed by atoms with Crippen molar-refractivity contribution in [1.82, 2.24) is 4.57 Å². The molecule has 0 amide bonds. The van der Waals surface area contributed by atoms with Gasteiger partial charge in [0.15, 0.2) is 6.67 Å².